The highest BCUT2D eigenvalue weighted by Gasteiger charge is 2.55. The number of hydrogen-bond donors (Lipinski definition) is 2. The third-order valence-electron chi connectivity index (χ3n) is 17.5. The number of nitrogens with one attached hydrogen (secondary N) is 2. The van der Waals surface area contributed by atoms with Crippen LogP contribution in [-0.2, 0) is 77.5 Å². The van der Waals surface area contributed by atoms with E-state index in [0.29, 0.717) is 32.1 Å². The Bertz CT molecular complexity index is 2910. The summed E-state index contributed by atoms with van der Waals surface area (Å²) in [6.45, 7) is 8.69. The average molecular weight is 1630 g/mol. The quantitative estimate of drug-likeness (QED) is 0.0175. The number of phosphoric acid groups is 1. The minimum absolute atomic E-state index is 0.0303. The molecule has 8 atom stereocenters. The van der Waals surface area contributed by atoms with E-state index in [1.165, 1.54) is 63.8 Å². The van der Waals surface area contributed by atoms with E-state index >= 15 is 9.36 Å². The van der Waals surface area contributed by atoms with Crippen LogP contribution in [0.25, 0.3) is 0 Å². The monoisotopic (exact) mass is 1630 g/mol. The molecule has 3 aromatic rings. The van der Waals surface area contributed by atoms with Crippen LogP contribution in [-0.4, -0.2) is 125 Å². The number of amides is 2. The Balaban J connectivity index is 1.92. The first kappa shape index (κ1) is 93.9. The first-order valence-corrected chi connectivity index (χ1v) is 41.9. The van der Waals surface area contributed by atoms with E-state index in [1.54, 1.807) is 36.4 Å². The molecule has 2 N–H and O–H groups in total. The Morgan fingerprint density at radius 3 is 1.46 bits per heavy atom. The molecule has 600 valence electrons. The second-order valence-corrected chi connectivity index (χ2v) is 33.7. The number of carbonyl (C=O) groups excluding carboxylic acids is 6. The summed E-state index contributed by atoms with van der Waals surface area (Å²) < 4.78 is 85.4. The van der Waals surface area contributed by atoms with Crippen molar-refractivity contribution in [2.24, 2.45) is 0 Å². The van der Waals surface area contributed by atoms with Gasteiger partial charge in [0.2, 0.25) is 13.5 Å². The van der Waals surface area contributed by atoms with Crippen LogP contribution < -0.4 is 19.7 Å². The molecule has 4 rings (SSSR count). The van der Waals surface area contributed by atoms with Gasteiger partial charge < -0.3 is 62.3 Å². The van der Waals surface area contributed by atoms with Gasteiger partial charge in [-0.15, -0.1) is 0 Å². The SMILES string of the molecule is CCCCCCCCCCC[C@H](CC(=O)N[C@@H](COCc1ccccc1)CO[C@@H]1O[C@H](COC(=O)OC(C)(C)C(Cl)(Cl)Cl)[C@@H](OP(=O)(Oc2ccccc2)Oc2ccccc2)[C@H](OC(=O)C[C@@H](CCCCCCCCCCC)OC(=O)CCCCCC)[C@H]1NC(=O)OCC(Cl)(Cl)Cl)OC(=O)CCCCCC. The number of rotatable bonds is 56. The highest BCUT2D eigenvalue weighted by Crippen LogP contribution is 2.53. The van der Waals surface area contributed by atoms with Gasteiger partial charge in [-0.2, -0.15) is 0 Å². The molecule has 2 amide bonds. The normalized spacial score (nSPS) is 17.1. The number of hydrogen-bond acceptors (Lipinski definition) is 19. The highest BCUT2D eigenvalue weighted by atomic mass is 35.6. The number of esters is 3. The van der Waals surface area contributed by atoms with Crippen molar-refractivity contribution < 1.29 is 89.5 Å². The van der Waals surface area contributed by atoms with Crippen LogP contribution in [0.5, 0.6) is 11.5 Å². The van der Waals surface area contributed by atoms with Crippen molar-refractivity contribution >= 4 is 113 Å². The van der Waals surface area contributed by atoms with Gasteiger partial charge in [-0.25, -0.2) is 14.2 Å². The third kappa shape index (κ3) is 41.5. The minimum atomic E-state index is -5.19. The Hall–Kier alpha value is -4.51. The summed E-state index contributed by atoms with van der Waals surface area (Å²) >= 11 is 37.2. The highest BCUT2D eigenvalue weighted by molar-refractivity contribution is 7.49. The summed E-state index contributed by atoms with van der Waals surface area (Å²) in [5.41, 5.74) is -1.04. The molecule has 0 spiro atoms. The van der Waals surface area contributed by atoms with E-state index in [9.17, 15) is 24.0 Å². The molecule has 0 unspecified atom stereocenters. The molecule has 0 aromatic heterocycles. The third-order valence-corrected chi connectivity index (χ3v) is 20.6. The van der Waals surface area contributed by atoms with E-state index in [-0.39, 0.29) is 50.4 Å². The minimum Gasteiger partial charge on any atom is -0.462 e. The molecule has 1 aliphatic heterocycles. The van der Waals surface area contributed by atoms with E-state index in [1.807, 2.05) is 30.3 Å². The summed E-state index contributed by atoms with van der Waals surface area (Å²) in [5, 5.41) is 5.64. The second kappa shape index (κ2) is 53.4. The van der Waals surface area contributed by atoms with Gasteiger partial charge in [0.1, 0.15) is 55.2 Å². The summed E-state index contributed by atoms with van der Waals surface area (Å²) in [5.74, 6) is -2.56. The predicted octanol–water partition coefficient (Wildman–Crippen LogP) is 21.1. The van der Waals surface area contributed by atoms with E-state index < -0.39 is 132 Å². The van der Waals surface area contributed by atoms with Crippen LogP contribution >= 0.6 is 77.4 Å². The fourth-order valence-corrected chi connectivity index (χ4v) is 13.3. The van der Waals surface area contributed by atoms with Crippen LogP contribution in [0.4, 0.5) is 9.59 Å². The number of carbonyl (C=O) groups is 6. The van der Waals surface area contributed by atoms with Crippen molar-refractivity contribution in [2.45, 2.75) is 316 Å². The molecule has 21 nitrogen and oxygen atoms in total. The molecule has 106 heavy (non-hydrogen) atoms. The Labute approximate surface area is 659 Å². The largest absolute Gasteiger partial charge is 0.588 e. The molecule has 1 saturated heterocycles. The van der Waals surface area contributed by atoms with Gasteiger partial charge >= 0.3 is 38.0 Å². The van der Waals surface area contributed by atoms with Gasteiger partial charge in [0.25, 0.3) is 0 Å². The lowest BCUT2D eigenvalue weighted by Crippen LogP contribution is -2.67. The first-order chi connectivity index (χ1) is 50.7. The molecular formula is C78H117Cl6N2O19P. The lowest BCUT2D eigenvalue weighted by Gasteiger charge is -2.45. The first-order valence-electron chi connectivity index (χ1n) is 38.2. The van der Waals surface area contributed by atoms with Crippen LogP contribution in [0.15, 0.2) is 91.0 Å². The lowest BCUT2D eigenvalue weighted by molar-refractivity contribution is -0.272. The second-order valence-electron chi connectivity index (χ2n) is 27.4. The number of alkyl halides is 6. The molecule has 1 fully saturated rings. The van der Waals surface area contributed by atoms with Crippen molar-refractivity contribution in [3.63, 3.8) is 0 Å². The maximum Gasteiger partial charge on any atom is 0.588 e. The number of para-hydroxylation sites is 2. The molecule has 3 aromatic carbocycles. The zero-order valence-corrected chi connectivity index (χ0v) is 68.3. The van der Waals surface area contributed by atoms with Crippen LogP contribution in [0.3, 0.4) is 0 Å². The van der Waals surface area contributed by atoms with Crippen molar-refractivity contribution in [3.8, 4) is 11.5 Å². The predicted molar refractivity (Wildman–Crippen MR) is 415 cm³/mol. The maximum absolute atomic E-state index is 15.8. The van der Waals surface area contributed by atoms with Gasteiger partial charge in [-0.1, -0.05) is 305 Å². The number of halogens is 6. The van der Waals surface area contributed by atoms with E-state index in [0.717, 1.165) is 121 Å². The van der Waals surface area contributed by atoms with E-state index in [2.05, 4.69) is 38.3 Å². The van der Waals surface area contributed by atoms with Crippen LogP contribution in [0.2, 0.25) is 0 Å². The Morgan fingerprint density at radius 2 is 0.991 bits per heavy atom. The van der Waals surface area contributed by atoms with Crippen LogP contribution in [0.1, 0.15) is 253 Å². The number of alkyl carbamates (subject to hydrolysis) is 1. The topological polar surface area (TPSA) is 254 Å². The lowest BCUT2D eigenvalue weighted by atomic mass is 9.96. The zero-order valence-electron chi connectivity index (χ0n) is 62.9. The summed E-state index contributed by atoms with van der Waals surface area (Å²) in [7, 11) is -5.19. The molecular weight excluding hydrogens is 1510 g/mol. The van der Waals surface area contributed by atoms with Crippen molar-refractivity contribution in [3.05, 3.63) is 96.6 Å². The Kier molecular flexibility index (Phi) is 47.3. The molecule has 0 radical (unpaired) electrons. The van der Waals surface area contributed by atoms with Crippen molar-refractivity contribution in [2.75, 3.05) is 26.4 Å². The number of ether oxygens (including phenoxy) is 9. The van der Waals surface area contributed by atoms with Gasteiger partial charge in [0.05, 0.1) is 38.7 Å². The van der Waals surface area contributed by atoms with Crippen molar-refractivity contribution in [1.82, 2.24) is 10.6 Å². The van der Waals surface area contributed by atoms with Gasteiger partial charge in [0, 0.05) is 12.8 Å². The number of benzene rings is 3. The van der Waals surface area contributed by atoms with E-state index in [4.69, 9.17) is 126 Å². The molecule has 0 saturated carbocycles. The zero-order chi connectivity index (χ0) is 77.5. The molecule has 0 aliphatic carbocycles. The number of phosphoric ester groups is 1. The summed E-state index contributed by atoms with van der Waals surface area (Å²) in [4.78, 5) is 85.4. The van der Waals surface area contributed by atoms with Gasteiger partial charge in [-0.3, -0.25) is 23.7 Å². The van der Waals surface area contributed by atoms with Crippen LogP contribution in [0, 0.1) is 0 Å². The molecule has 1 heterocycles. The average Bonchev–Trinajstić information content (AvgIpc) is 0.770. The fourth-order valence-electron chi connectivity index (χ4n) is 11.6. The van der Waals surface area contributed by atoms with Gasteiger partial charge in [-0.05, 0) is 82.2 Å². The molecule has 0 bridgehead atoms. The summed E-state index contributed by atoms with van der Waals surface area (Å²) in [6, 6.07) is 21.9. The smallest absolute Gasteiger partial charge is 0.462 e. The maximum atomic E-state index is 15.8. The van der Waals surface area contributed by atoms with Gasteiger partial charge in [0.15, 0.2) is 18.0 Å². The Morgan fingerprint density at radius 1 is 0.538 bits per heavy atom. The fraction of sp³-hybridized carbons (Fsp3) is 0.692. The molecule has 28 heteroatoms. The molecule has 1 aliphatic rings. The summed E-state index contributed by atoms with van der Waals surface area (Å²) in [6.07, 6.45) is 12.9. The standard InChI is InChI=1S/C78H117Cl6N2O19P/c1-7-11-15-19-21-23-25-27-34-48-63(98-67(88)50-40-17-13-9-3)52-66(87)85-60(55-94-54-59-42-32-29-33-43-59)56-95-73-70(86-74(91)97-58-77(79,80)81)72(101-69(90)53-64(99-68(89)51-41-18-14-10-4)49-35-28-26-24-22-20-16-12-8-2)71(65(100-73)57-96-75(92)102-76(5,6)78(82,83)84)105-106(93,103-61-44-36-30-37-45-61)104-62-46-38-31-39-47-62/h29-33,36-39,42-47,60,63-65,70-73H,7-28,34-35,40-41,48-58H2,1-6H3,(H,85,87)(H,86,91)/t60-,63+,64+,65+,70+,71+,72+,73+/m0/s1. The number of unbranched alkanes of at least 4 members (excludes halogenated alkanes) is 22. The van der Waals surface area contributed by atoms with Crippen molar-refractivity contribution in [1.29, 1.82) is 0 Å².